The Balaban J connectivity index is 1.74. The Morgan fingerprint density at radius 1 is 1.37 bits per heavy atom. The van der Waals surface area contributed by atoms with Gasteiger partial charge in [-0.25, -0.2) is 4.98 Å². The number of aromatic amines is 1. The van der Waals surface area contributed by atoms with E-state index in [1.54, 1.807) is 6.20 Å². The number of benzene rings is 1. The van der Waals surface area contributed by atoms with E-state index in [0.717, 1.165) is 22.8 Å². The first-order valence-electron chi connectivity index (χ1n) is 6.20. The monoisotopic (exact) mass is 274 g/mol. The van der Waals surface area contributed by atoms with Crippen LogP contribution in [0, 0.1) is 0 Å². The molecule has 0 radical (unpaired) electrons. The summed E-state index contributed by atoms with van der Waals surface area (Å²) in [6.07, 6.45) is 2.54. The number of hydrogen-bond donors (Lipinski definition) is 1. The first-order valence-corrected chi connectivity index (χ1v) is 7.08. The Morgan fingerprint density at radius 2 is 2.16 bits per heavy atom. The summed E-state index contributed by atoms with van der Waals surface area (Å²) in [5.41, 5.74) is 2.05. The summed E-state index contributed by atoms with van der Waals surface area (Å²) in [7, 11) is 0. The highest BCUT2D eigenvalue weighted by Gasteiger charge is 2.33. The number of ether oxygens (including phenoxy) is 1. The highest BCUT2D eigenvalue weighted by atomic mass is 32.2. The number of nitrogens with zero attached hydrogens (tertiary/aromatic N) is 1. The average Bonchev–Trinajstić information content (AvgIpc) is 2.99. The number of carbonyl (C=O) groups is 1. The SMILES string of the molecule is C[C@@H]1C[C@@H](Sc2ncc(-c3ccccc3)[nH]2)C(=O)O1. The third kappa shape index (κ3) is 2.66. The molecule has 1 aliphatic rings. The molecule has 1 saturated heterocycles. The number of thioether (sulfide) groups is 1. The van der Waals surface area contributed by atoms with E-state index in [-0.39, 0.29) is 17.3 Å². The maximum Gasteiger partial charge on any atom is 0.319 e. The van der Waals surface area contributed by atoms with Crippen molar-refractivity contribution < 1.29 is 9.53 Å². The molecule has 0 amide bonds. The molecule has 4 nitrogen and oxygen atoms in total. The van der Waals surface area contributed by atoms with Crippen LogP contribution >= 0.6 is 11.8 Å². The van der Waals surface area contributed by atoms with Gasteiger partial charge in [-0.2, -0.15) is 0 Å². The van der Waals surface area contributed by atoms with Crippen molar-refractivity contribution in [3.8, 4) is 11.3 Å². The molecule has 2 atom stereocenters. The van der Waals surface area contributed by atoms with Crippen molar-refractivity contribution in [1.29, 1.82) is 0 Å². The van der Waals surface area contributed by atoms with Crippen LogP contribution in [0.15, 0.2) is 41.7 Å². The molecular weight excluding hydrogens is 260 g/mol. The van der Waals surface area contributed by atoms with Gasteiger partial charge in [0.25, 0.3) is 0 Å². The molecule has 5 heteroatoms. The van der Waals surface area contributed by atoms with Gasteiger partial charge in [0.15, 0.2) is 5.16 Å². The highest BCUT2D eigenvalue weighted by Crippen LogP contribution is 2.31. The first-order chi connectivity index (χ1) is 9.22. The number of esters is 1. The van der Waals surface area contributed by atoms with Gasteiger partial charge in [0, 0.05) is 6.42 Å². The van der Waals surface area contributed by atoms with E-state index in [0.29, 0.717) is 0 Å². The van der Waals surface area contributed by atoms with Crippen molar-refractivity contribution in [1.82, 2.24) is 9.97 Å². The molecule has 0 aliphatic carbocycles. The van der Waals surface area contributed by atoms with E-state index in [1.165, 1.54) is 11.8 Å². The van der Waals surface area contributed by atoms with Crippen LogP contribution in [0.4, 0.5) is 0 Å². The maximum absolute atomic E-state index is 11.6. The number of rotatable bonds is 3. The van der Waals surface area contributed by atoms with Crippen LogP contribution in [0.25, 0.3) is 11.3 Å². The van der Waals surface area contributed by atoms with E-state index < -0.39 is 0 Å². The van der Waals surface area contributed by atoms with Crippen LogP contribution in [0.5, 0.6) is 0 Å². The zero-order valence-electron chi connectivity index (χ0n) is 10.5. The Morgan fingerprint density at radius 3 is 2.84 bits per heavy atom. The molecule has 1 aromatic heterocycles. The smallest absolute Gasteiger partial charge is 0.319 e. The molecule has 0 bridgehead atoms. The molecule has 2 heterocycles. The van der Waals surface area contributed by atoms with Gasteiger partial charge in [-0.15, -0.1) is 0 Å². The number of imidazole rings is 1. The summed E-state index contributed by atoms with van der Waals surface area (Å²) in [4.78, 5) is 19.1. The summed E-state index contributed by atoms with van der Waals surface area (Å²) in [5.74, 6) is -0.143. The van der Waals surface area contributed by atoms with Crippen molar-refractivity contribution in [2.24, 2.45) is 0 Å². The minimum absolute atomic E-state index is 0.00792. The number of hydrogen-bond acceptors (Lipinski definition) is 4. The molecule has 0 saturated carbocycles. The molecule has 3 rings (SSSR count). The van der Waals surface area contributed by atoms with E-state index in [1.807, 2.05) is 37.3 Å². The molecule has 0 spiro atoms. The second-order valence-corrected chi connectivity index (χ2v) is 5.75. The Kier molecular flexibility index (Phi) is 3.29. The molecular formula is C14H14N2O2S. The van der Waals surface area contributed by atoms with Crippen LogP contribution in [-0.2, 0) is 9.53 Å². The number of H-pyrrole nitrogens is 1. The summed E-state index contributed by atoms with van der Waals surface area (Å²) >= 11 is 1.44. The fraction of sp³-hybridized carbons (Fsp3) is 0.286. The lowest BCUT2D eigenvalue weighted by Gasteiger charge is -2.01. The normalized spacial score (nSPS) is 22.5. The third-order valence-corrected chi connectivity index (χ3v) is 4.12. The van der Waals surface area contributed by atoms with Crippen molar-refractivity contribution in [3.63, 3.8) is 0 Å². The second kappa shape index (κ2) is 5.09. The average molecular weight is 274 g/mol. The largest absolute Gasteiger partial charge is 0.462 e. The van der Waals surface area contributed by atoms with Crippen LogP contribution in [0.2, 0.25) is 0 Å². The fourth-order valence-corrected chi connectivity index (χ4v) is 3.15. The van der Waals surface area contributed by atoms with Gasteiger partial charge in [0.05, 0.1) is 11.9 Å². The molecule has 1 N–H and O–H groups in total. The second-order valence-electron chi connectivity index (χ2n) is 4.56. The lowest BCUT2D eigenvalue weighted by Crippen LogP contribution is -2.09. The predicted molar refractivity (Wildman–Crippen MR) is 73.8 cm³/mol. The number of cyclic esters (lactones) is 1. The molecule has 1 aromatic carbocycles. The van der Waals surface area contributed by atoms with Crippen LogP contribution < -0.4 is 0 Å². The quantitative estimate of drug-likeness (QED) is 0.874. The maximum atomic E-state index is 11.6. The fourth-order valence-electron chi connectivity index (χ4n) is 2.08. The van der Waals surface area contributed by atoms with E-state index in [2.05, 4.69) is 9.97 Å². The number of carbonyl (C=O) groups excluding carboxylic acids is 1. The van der Waals surface area contributed by atoms with Gasteiger partial charge in [-0.05, 0) is 12.5 Å². The van der Waals surface area contributed by atoms with Crippen molar-refractivity contribution in [3.05, 3.63) is 36.5 Å². The van der Waals surface area contributed by atoms with Crippen LogP contribution in [-0.4, -0.2) is 27.3 Å². The summed E-state index contributed by atoms with van der Waals surface area (Å²) in [5, 5.41) is 0.611. The lowest BCUT2D eigenvalue weighted by atomic mass is 10.2. The van der Waals surface area contributed by atoms with Gasteiger partial charge in [0.1, 0.15) is 11.4 Å². The third-order valence-electron chi connectivity index (χ3n) is 3.02. The van der Waals surface area contributed by atoms with Crippen molar-refractivity contribution in [2.45, 2.75) is 29.9 Å². The zero-order chi connectivity index (χ0) is 13.2. The van der Waals surface area contributed by atoms with E-state index >= 15 is 0 Å². The minimum atomic E-state index is -0.148. The van der Waals surface area contributed by atoms with Gasteiger partial charge < -0.3 is 9.72 Å². The molecule has 0 unspecified atom stereocenters. The standard InChI is InChI=1S/C14H14N2O2S/c1-9-7-12(13(17)18-9)19-14-15-8-11(16-14)10-5-3-2-4-6-10/h2-6,8-9,12H,7H2,1H3,(H,15,16)/t9-,12-/m1/s1. The minimum Gasteiger partial charge on any atom is -0.462 e. The zero-order valence-corrected chi connectivity index (χ0v) is 11.3. The van der Waals surface area contributed by atoms with Gasteiger partial charge in [-0.1, -0.05) is 42.1 Å². The first kappa shape index (κ1) is 12.3. The molecule has 1 aliphatic heterocycles. The Labute approximate surface area is 115 Å². The summed E-state index contributed by atoms with van der Waals surface area (Å²) < 4.78 is 5.14. The van der Waals surface area contributed by atoms with E-state index in [9.17, 15) is 4.79 Å². The Bertz CT molecular complexity index is 582. The predicted octanol–water partition coefficient (Wildman–Crippen LogP) is 2.87. The number of nitrogens with one attached hydrogen (secondary N) is 1. The number of aromatic nitrogens is 2. The highest BCUT2D eigenvalue weighted by molar-refractivity contribution is 8.00. The summed E-state index contributed by atoms with van der Waals surface area (Å²) in [6.45, 7) is 1.91. The Hall–Kier alpha value is -1.75. The summed E-state index contributed by atoms with van der Waals surface area (Å²) in [6, 6.07) is 9.99. The van der Waals surface area contributed by atoms with Crippen LogP contribution in [0.1, 0.15) is 13.3 Å². The lowest BCUT2D eigenvalue weighted by molar-refractivity contribution is -0.140. The van der Waals surface area contributed by atoms with Crippen molar-refractivity contribution in [2.75, 3.05) is 0 Å². The van der Waals surface area contributed by atoms with Gasteiger partial charge >= 0.3 is 5.97 Å². The van der Waals surface area contributed by atoms with Crippen LogP contribution in [0.3, 0.4) is 0 Å². The molecule has 98 valence electrons. The van der Waals surface area contributed by atoms with Gasteiger partial charge in [0.2, 0.25) is 0 Å². The van der Waals surface area contributed by atoms with Crippen molar-refractivity contribution >= 4 is 17.7 Å². The molecule has 1 fully saturated rings. The van der Waals surface area contributed by atoms with Gasteiger partial charge in [-0.3, -0.25) is 4.79 Å². The molecule has 19 heavy (non-hydrogen) atoms. The van der Waals surface area contributed by atoms with E-state index in [4.69, 9.17) is 4.74 Å². The topological polar surface area (TPSA) is 55.0 Å². The molecule has 2 aromatic rings.